The van der Waals surface area contributed by atoms with Gasteiger partial charge in [0.15, 0.2) is 28.9 Å². The molecular weight excluding hydrogens is 266 g/mol. The maximum Gasteiger partial charge on any atom is 0.231 e. The molecule has 0 N–H and O–H groups in total. The number of hydrogen-bond donors (Lipinski definition) is 0. The van der Waals surface area contributed by atoms with Crippen LogP contribution in [0.3, 0.4) is 0 Å². The topological polar surface area (TPSA) is 27.7 Å². The summed E-state index contributed by atoms with van der Waals surface area (Å²) in [5, 5.41) is 0. The Kier molecular flexibility index (Phi) is 3.18. The number of rotatable bonds is 3. The lowest BCUT2D eigenvalue weighted by molar-refractivity contribution is 0.174. The maximum atomic E-state index is 13.8. The molecule has 0 radical (unpaired) electrons. The largest absolute Gasteiger partial charge is 0.454 e. The Labute approximate surface area is 114 Å². The third kappa shape index (κ3) is 2.27. The first-order chi connectivity index (χ1) is 9.67. The molecular formula is C15H12F2O3. The van der Waals surface area contributed by atoms with Gasteiger partial charge in [0.1, 0.15) is 5.75 Å². The first-order valence-corrected chi connectivity index (χ1v) is 6.23. The fourth-order valence-corrected chi connectivity index (χ4v) is 1.97. The van der Waals surface area contributed by atoms with Gasteiger partial charge in [-0.05, 0) is 36.2 Å². The minimum absolute atomic E-state index is 0.132. The van der Waals surface area contributed by atoms with Crippen molar-refractivity contribution in [3.8, 4) is 23.0 Å². The van der Waals surface area contributed by atoms with Gasteiger partial charge in [-0.1, -0.05) is 6.92 Å². The predicted octanol–water partition coefficient (Wildman–Crippen LogP) is 4.05. The second-order valence-electron chi connectivity index (χ2n) is 4.36. The molecule has 0 spiro atoms. The van der Waals surface area contributed by atoms with Gasteiger partial charge in [-0.15, -0.1) is 0 Å². The molecule has 0 bridgehead atoms. The van der Waals surface area contributed by atoms with Crippen molar-refractivity contribution in [2.24, 2.45) is 0 Å². The smallest absolute Gasteiger partial charge is 0.231 e. The molecule has 2 aromatic carbocycles. The third-order valence-electron chi connectivity index (χ3n) is 3.03. The summed E-state index contributed by atoms with van der Waals surface area (Å²) in [5.74, 6) is -0.496. The Hall–Kier alpha value is -2.30. The van der Waals surface area contributed by atoms with Crippen LogP contribution in [0.1, 0.15) is 12.5 Å². The molecule has 0 aromatic heterocycles. The Bertz CT molecular complexity index is 633. The van der Waals surface area contributed by atoms with E-state index in [2.05, 4.69) is 0 Å². The van der Waals surface area contributed by atoms with Gasteiger partial charge in [0.25, 0.3) is 0 Å². The van der Waals surface area contributed by atoms with Gasteiger partial charge in [-0.3, -0.25) is 0 Å². The van der Waals surface area contributed by atoms with Crippen LogP contribution >= 0.6 is 0 Å². The standard InChI is InChI=1S/C15H12F2O3/c1-2-9-5-11(16)15(12(17)6-9)20-10-3-4-13-14(7-10)19-8-18-13/h3-7H,2,8H2,1H3. The molecule has 0 aliphatic carbocycles. The van der Waals surface area contributed by atoms with E-state index in [-0.39, 0.29) is 12.5 Å². The molecule has 20 heavy (non-hydrogen) atoms. The van der Waals surface area contributed by atoms with Crippen molar-refractivity contribution in [1.82, 2.24) is 0 Å². The summed E-state index contributed by atoms with van der Waals surface area (Å²) in [5.41, 5.74) is 0.582. The molecule has 3 rings (SSSR count). The Morgan fingerprint density at radius 1 is 1.05 bits per heavy atom. The SMILES string of the molecule is CCc1cc(F)c(Oc2ccc3c(c2)OCO3)c(F)c1. The number of aryl methyl sites for hydroxylation is 1. The van der Waals surface area contributed by atoms with Crippen molar-refractivity contribution in [3.05, 3.63) is 47.5 Å². The molecule has 0 fully saturated rings. The zero-order chi connectivity index (χ0) is 14.1. The van der Waals surface area contributed by atoms with Gasteiger partial charge >= 0.3 is 0 Å². The zero-order valence-corrected chi connectivity index (χ0v) is 10.8. The fraction of sp³-hybridized carbons (Fsp3) is 0.200. The number of halogens is 2. The van der Waals surface area contributed by atoms with Gasteiger partial charge in [0.2, 0.25) is 6.79 Å². The van der Waals surface area contributed by atoms with E-state index >= 15 is 0 Å². The summed E-state index contributed by atoms with van der Waals surface area (Å²) in [7, 11) is 0. The summed E-state index contributed by atoms with van der Waals surface area (Å²) in [6, 6.07) is 7.28. The van der Waals surface area contributed by atoms with Crippen LogP contribution in [0.4, 0.5) is 8.78 Å². The van der Waals surface area contributed by atoms with Crippen molar-refractivity contribution in [2.75, 3.05) is 6.79 Å². The highest BCUT2D eigenvalue weighted by Gasteiger charge is 2.17. The molecule has 3 nitrogen and oxygen atoms in total. The fourth-order valence-electron chi connectivity index (χ4n) is 1.97. The molecule has 0 saturated heterocycles. The Morgan fingerprint density at radius 2 is 1.75 bits per heavy atom. The number of benzene rings is 2. The van der Waals surface area contributed by atoms with Crippen LogP contribution in [-0.2, 0) is 6.42 Å². The molecule has 0 unspecified atom stereocenters. The molecule has 0 amide bonds. The van der Waals surface area contributed by atoms with Crippen LogP contribution in [0.2, 0.25) is 0 Å². The minimum Gasteiger partial charge on any atom is -0.454 e. The summed E-state index contributed by atoms with van der Waals surface area (Å²) >= 11 is 0. The summed E-state index contributed by atoms with van der Waals surface area (Å²) in [6.45, 7) is 1.96. The average Bonchev–Trinajstić information content (AvgIpc) is 2.90. The molecule has 5 heteroatoms. The van der Waals surface area contributed by atoms with Crippen LogP contribution in [0, 0.1) is 11.6 Å². The van der Waals surface area contributed by atoms with E-state index in [1.807, 2.05) is 6.92 Å². The second-order valence-corrected chi connectivity index (χ2v) is 4.36. The summed E-state index contributed by atoms with van der Waals surface area (Å²) in [4.78, 5) is 0. The van der Waals surface area contributed by atoms with Crippen LogP contribution in [0.5, 0.6) is 23.0 Å². The highest BCUT2D eigenvalue weighted by Crippen LogP contribution is 2.37. The first kappa shape index (κ1) is 12.7. The van der Waals surface area contributed by atoms with Crippen molar-refractivity contribution in [2.45, 2.75) is 13.3 Å². The van der Waals surface area contributed by atoms with Crippen molar-refractivity contribution in [1.29, 1.82) is 0 Å². The number of hydrogen-bond acceptors (Lipinski definition) is 3. The Morgan fingerprint density at radius 3 is 2.45 bits per heavy atom. The molecule has 104 valence electrons. The summed E-state index contributed by atoms with van der Waals surface area (Å²) < 4.78 is 43.3. The average molecular weight is 278 g/mol. The molecule has 1 aliphatic rings. The second kappa shape index (κ2) is 5.00. The van der Waals surface area contributed by atoms with E-state index in [9.17, 15) is 8.78 Å². The number of fused-ring (bicyclic) bond motifs is 1. The van der Waals surface area contributed by atoms with Crippen LogP contribution in [-0.4, -0.2) is 6.79 Å². The lowest BCUT2D eigenvalue weighted by Gasteiger charge is -2.09. The normalized spacial score (nSPS) is 12.6. The van der Waals surface area contributed by atoms with E-state index in [0.717, 1.165) is 0 Å². The summed E-state index contributed by atoms with van der Waals surface area (Å²) in [6.07, 6.45) is 0.554. The van der Waals surface area contributed by atoms with E-state index in [4.69, 9.17) is 14.2 Å². The monoisotopic (exact) mass is 278 g/mol. The van der Waals surface area contributed by atoms with Crippen molar-refractivity contribution < 1.29 is 23.0 Å². The zero-order valence-electron chi connectivity index (χ0n) is 10.8. The van der Waals surface area contributed by atoms with Crippen molar-refractivity contribution in [3.63, 3.8) is 0 Å². The van der Waals surface area contributed by atoms with Gasteiger partial charge in [0.05, 0.1) is 0 Å². The Balaban J connectivity index is 1.91. The molecule has 1 aliphatic heterocycles. The highest BCUT2D eigenvalue weighted by atomic mass is 19.1. The van der Waals surface area contributed by atoms with Gasteiger partial charge in [-0.25, -0.2) is 8.78 Å². The van der Waals surface area contributed by atoms with Crippen LogP contribution in [0.25, 0.3) is 0 Å². The van der Waals surface area contributed by atoms with E-state index < -0.39 is 17.4 Å². The van der Waals surface area contributed by atoms with Crippen LogP contribution < -0.4 is 14.2 Å². The first-order valence-electron chi connectivity index (χ1n) is 6.23. The maximum absolute atomic E-state index is 13.8. The van der Waals surface area contributed by atoms with Gasteiger partial charge in [0, 0.05) is 6.07 Å². The molecule has 2 aromatic rings. The predicted molar refractivity (Wildman–Crippen MR) is 68.4 cm³/mol. The van der Waals surface area contributed by atoms with E-state index in [0.29, 0.717) is 23.5 Å². The van der Waals surface area contributed by atoms with Crippen LogP contribution in [0.15, 0.2) is 30.3 Å². The van der Waals surface area contributed by atoms with Crippen molar-refractivity contribution >= 4 is 0 Å². The van der Waals surface area contributed by atoms with E-state index in [1.165, 1.54) is 18.2 Å². The third-order valence-corrected chi connectivity index (χ3v) is 3.03. The molecule has 1 heterocycles. The highest BCUT2D eigenvalue weighted by molar-refractivity contribution is 5.48. The molecule has 0 atom stereocenters. The van der Waals surface area contributed by atoms with Gasteiger partial charge in [-0.2, -0.15) is 0 Å². The minimum atomic E-state index is -0.723. The van der Waals surface area contributed by atoms with E-state index in [1.54, 1.807) is 12.1 Å². The lowest BCUT2D eigenvalue weighted by atomic mass is 10.1. The number of ether oxygens (including phenoxy) is 3. The lowest BCUT2D eigenvalue weighted by Crippen LogP contribution is -1.95. The van der Waals surface area contributed by atoms with Gasteiger partial charge < -0.3 is 14.2 Å². The quantitative estimate of drug-likeness (QED) is 0.847. The molecule has 0 saturated carbocycles.